The number of anilines is 3. The van der Waals surface area contributed by atoms with Crippen LogP contribution in [0.15, 0.2) is 224 Å². The van der Waals surface area contributed by atoms with Crippen LogP contribution in [0.3, 0.4) is 0 Å². The molecule has 0 atom stereocenters. The molecule has 3 aliphatic carbocycles. The largest absolute Gasteiger partial charge is 0.310 e. The number of hydrogen-bond acceptors (Lipinski definition) is 1. The van der Waals surface area contributed by atoms with E-state index in [1.54, 1.807) is 0 Å². The van der Waals surface area contributed by atoms with Gasteiger partial charge in [-0.05, 0) is 125 Å². The molecule has 0 saturated heterocycles. The zero-order chi connectivity index (χ0) is 41.9. The number of hydrogen-bond donors (Lipinski definition) is 0. The number of fused-ring (bicyclic) bond motifs is 14. The fraction of sp³-hybridized carbons (Fsp3) is 0.0645. The number of nitrogens with zero attached hydrogens (tertiary/aromatic N) is 1. The van der Waals surface area contributed by atoms with Crippen LogP contribution in [-0.4, -0.2) is 0 Å². The van der Waals surface area contributed by atoms with Crippen molar-refractivity contribution < 1.29 is 0 Å². The third kappa shape index (κ3) is 4.94. The second-order valence-corrected chi connectivity index (χ2v) is 17.9. The van der Waals surface area contributed by atoms with Crippen molar-refractivity contribution in [3.05, 3.63) is 258 Å². The van der Waals surface area contributed by atoms with Crippen LogP contribution in [0.1, 0.15) is 47.2 Å². The summed E-state index contributed by atoms with van der Waals surface area (Å²) in [6.45, 7) is 4.76. The molecule has 63 heavy (non-hydrogen) atoms. The van der Waals surface area contributed by atoms with Crippen molar-refractivity contribution in [3.8, 4) is 55.6 Å². The van der Waals surface area contributed by atoms with Crippen molar-refractivity contribution in [2.45, 2.75) is 24.7 Å². The highest BCUT2D eigenvalue weighted by Gasteiger charge is 2.53. The molecule has 1 nitrogen and oxygen atoms in total. The summed E-state index contributed by atoms with van der Waals surface area (Å²) in [6, 6.07) is 84.0. The molecule has 0 N–H and O–H groups in total. The highest BCUT2D eigenvalue weighted by atomic mass is 15.1. The SMILES string of the molecule is CC1(C)c2ccccc2-c2cccc(-c3ccc(N(c4cccc(-c5cccc6ccccc56)c4)c4cccc5c4C4(c6ccccc6-c6ccccc64)c4ccccc4-5)cc3)c21. The third-order valence-electron chi connectivity index (χ3n) is 14.5. The first-order valence-corrected chi connectivity index (χ1v) is 22.2. The molecule has 0 aliphatic heterocycles. The van der Waals surface area contributed by atoms with E-state index in [4.69, 9.17) is 0 Å². The van der Waals surface area contributed by atoms with E-state index in [0.717, 1.165) is 11.4 Å². The monoisotopic (exact) mass is 801 g/mol. The Morgan fingerprint density at radius 1 is 0.317 bits per heavy atom. The maximum Gasteiger partial charge on any atom is 0.0746 e. The molecule has 10 aromatic rings. The molecule has 0 saturated carbocycles. The lowest BCUT2D eigenvalue weighted by atomic mass is 9.70. The summed E-state index contributed by atoms with van der Waals surface area (Å²) in [6.07, 6.45) is 0. The summed E-state index contributed by atoms with van der Waals surface area (Å²) in [5.41, 5.74) is 23.7. The van der Waals surface area contributed by atoms with E-state index in [0.29, 0.717) is 0 Å². The molecule has 3 aliphatic rings. The second kappa shape index (κ2) is 13.4. The van der Waals surface area contributed by atoms with E-state index in [1.807, 2.05) is 0 Å². The van der Waals surface area contributed by atoms with Crippen molar-refractivity contribution in [3.63, 3.8) is 0 Å². The molecule has 10 aromatic carbocycles. The van der Waals surface area contributed by atoms with Gasteiger partial charge < -0.3 is 4.90 Å². The van der Waals surface area contributed by atoms with Crippen molar-refractivity contribution in [1.82, 2.24) is 0 Å². The Labute approximate surface area is 369 Å². The average molecular weight is 802 g/mol. The fourth-order valence-electron chi connectivity index (χ4n) is 11.9. The molecule has 13 rings (SSSR count). The van der Waals surface area contributed by atoms with E-state index < -0.39 is 5.41 Å². The van der Waals surface area contributed by atoms with Gasteiger partial charge in [0.1, 0.15) is 0 Å². The zero-order valence-electron chi connectivity index (χ0n) is 35.3. The van der Waals surface area contributed by atoms with Crippen molar-refractivity contribution >= 4 is 27.8 Å². The summed E-state index contributed by atoms with van der Waals surface area (Å²) >= 11 is 0. The van der Waals surface area contributed by atoms with Gasteiger partial charge in [-0.1, -0.05) is 208 Å². The maximum atomic E-state index is 2.53. The molecule has 1 spiro atoms. The summed E-state index contributed by atoms with van der Waals surface area (Å²) in [7, 11) is 0. The van der Waals surface area contributed by atoms with Crippen LogP contribution in [0.25, 0.3) is 66.4 Å². The highest BCUT2D eigenvalue weighted by molar-refractivity contribution is 6.01. The Morgan fingerprint density at radius 2 is 0.794 bits per heavy atom. The topological polar surface area (TPSA) is 3.24 Å². The molecule has 0 unspecified atom stereocenters. The normalized spacial score (nSPS) is 14.1. The van der Waals surface area contributed by atoms with Gasteiger partial charge >= 0.3 is 0 Å². The van der Waals surface area contributed by atoms with Gasteiger partial charge in [0.05, 0.1) is 11.1 Å². The Balaban J connectivity index is 1.06. The van der Waals surface area contributed by atoms with Crippen LogP contribution < -0.4 is 4.90 Å². The predicted molar refractivity (Wildman–Crippen MR) is 263 cm³/mol. The zero-order valence-corrected chi connectivity index (χ0v) is 35.3. The van der Waals surface area contributed by atoms with Gasteiger partial charge in [-0.25, -0.2) is 0 Å². The van der Waals surface area contributed by atoms with E-state index >= 15 is 0 Å². The van der Waals surface area contributed by atoms with Gasteiger partial charge in [-0.15, -0.1) is 0 Å². The van der Waals surface area contributed by atoms with Crippen LogP contribution in [-0.2, 0) is 10.8 Å². The molecule has 0 fully saturated rings. The smallest absolute Gasteiger partial charge is 0.0746 e. The molecule has 0 aromatic heterocycles. The minimum absolute atomic E-state index is 0.114. The Hall–Kier alpha value is -7.74. The van der Waals surface area contributed by atoms with Gasteiger partial charge in [-0.2, -0.15) is 0 Å². The molecule has 0 heterocycles. The third-order valence-corrected chi connectivity index (χ3v) is 14.5. The van der Waals surface area contributed by atoms with E-state index in [2.05, 4.69) is 243 Å². The van der Waals surface area contributed by atoms with Gasteiger partial charge in [0.25, 0.3) is 0 Å². The van der Waals surface area contributed by atoms with E-state index in [9.17, 15) is 0 Å². The predicted octanol–water partition coefficient (Wildman–Crippen LogP) is 16.3. The van der Waals surface area contributed by atoms with Crippen LogP contribution in [0.2, 0.25) is 0 Å². The van der Waals surface area contributed by atoms with Crippen molar-refractivity contribution in [2.24, 2.45) is 0 Å². The minimum Gasteiger partial charge on any atom is -0.310 e. The summed E-state index contributed by atoms with van der Waals surface area (Å²) in [4.78, 5) is 2.53. The average Bonchev–Trinajstić information content (AvgIpc) is 3.91. The Morgan fingerprint density at radius 3 is 1.49 bits per heavy atom. The Bertz CT molecular complexity index is 3430. The van der Waals surface area contributed by atoms with Crippen LogP contribution >= 0.6 is 0 Å². The Kier molecular flexibility index (Phi) is 7.64. The molecule has 0 amide bonds. The lowest BCUT2D eigenvalue weighted by molar-refractivity contribution is 0.662. The molecular weight excluding hydrogens is 759 g/mol. The molecular formula is C62H43N. The molecule has 0 radical (unpaired) electrons. The van der Waals surface area contributed by atoms with Gasteiger partial charge in [0.2, 0.25) is 0 Å². The van der Waals surface area contributed by atoms with Gasteiger partial charge in [0, 0.05) is 22.4 Å². The van der Waals surface area contributed by atoms with Gasteiger partial charge in [0.15, 0.2) is 0 Å². The summed E-state index contributed by atoms with van der Waals surface area (Å²) < 4.78 is 0. The summed E-state index contributed by atoms with van der Waals surface area (Å²) in [5.74, 6) is 0. The number of benzene rings is 10. The lowest BCUT2D eigenvalue weighted by Gasteiger charge is -2.36. The number of rotatable bonds is 5. The van der Waals surface area contributed by atoms with Crippen LogP contribution in [0.5, 0.6) is 0 Å². The first-order chi connectivity index (χ1) is 31.0. The van der Waals surface area contributed by atoms with E-state index in [-0.39, 0.29) is 5.41 Å². The van der Waals surface area contributed by atoms with Crippen LogP contribution in [0.4, 0.5) is 17.1 Å². The van der Waals surface area contributed by atoms with Gasteiger partial charge in [-0.3, -0.25) is 0 Å². The first kappa shape index (κ1) is 36.0. The first-order valence-electron chi connectivity index (χ1n) is 22.2. The maximum absolute atomic E-state index is 2.53. The molecule has 0 bridgehead atoms. The van der Waals surface area contributed by atoms with Crippen molar-refractivity contribution in [2.75, 3.05) is 4.90 Å². The second-order valence-electron chi connectivity index (χ2n) is 17.9. The molecule has 1 heteroatoms. The fourth-order valence-corrected chi connectivity index (χ4v) is 11.9. The quantitative estimate of drug-likeness (QED) is 0.168. The highest BCUT2D eigenvalue weighted by Crippen LogP contribution is 2.65. The lowest BCUT2D eigenvalue weighted by Crippen LogP contribution is -2.28. The minimum atomic E-state index is -0.508. The summed E-state index contributed by atoms with van der Waals surface area (Å²) in [5, 5.41) is 2.49. The van der Waals surface area contributed by atoms with E-state index in [1.165, 1.54) is 105 Å². The van der Waals surface area contributed by atoms with Crippen LogP contribution in [0, 0.1) is 0 Å². The van der Waals surface area contributed by atoms with Crippen molar-refractivity contribution in [1.29, 1.82) is 0 Å². The molecule has 296 valence electrons. The standard InChI is InChI=1S/C62H43N/c1-61(2)54-30-9-5-24-50(54)52-28-15-27-47(59(52)61)41-35-37-43(38-36-41)63(44-20-13-19-42(39-44)46-26-14-18-40-17-3-4-21-45(40)46)58-34-16-29-53-51-25-8-12-33-57(51)62(60(53)58)55-31-10-6-22-48(55)49-23-7-11-32-56(49)62/h3-39H,1-2H3.